The molecule has 0 aliphatic heterocycles. The van der Waals surface area contributed by atoms with Crippen LogP contribution in [0.1, 0.15) is 40.5 Å². The van der Waals surface area contributed by atoms with Gasteiger partial charge in [-0.1, -0.05) is 13.8 Å². The number of hydrazine groups is 1. The fraction of sp³-hybridized carbons (Fsp3) is 0.909. The van der Waals surface area contributed by atoms with E-state index in [9.17, 15) is 4.79 Å². The van der Waals surface area contributed by atoms with E-state index in [0.29, 0.717) is 18.4 Å². The van der Waals surface area contributed by atoms with E-state index in [2.05, 4.69) is 38.0 Å². The van der Waals surface area contributed by atoms with Gasteiger partial charge in [0, 0.05) is 19.0 Å². The van der Waals surface area contributed by atoms with Crippen LogP contribution in [0.15, 0.2) is 0 Å². The maximum atomic E-state index is 10.9. The summed E-state index contributed by atoms with van der Waals surface area (Å²) >= 11 is 0. The highest BCUT2D eigenvalue weighted by Gasteiger charge is 2.11. The van der Waals surface area contributed by atoms with Crippen LogP contribution in [-0.2, 0) is 4.79 Å². The molecule has 0 radical (unpaired) electrons. The lowest BCUT2D eigenvalue weighted by atomic mass is 10.1. The highest BCUT2D eigenvalue weighted by Crippen LogP contribution is 2.05. The third kappa shape index (κ3) is 7.33. The van der Waals surface area contributed by atoms with Gasteiger partial charge >= 0.3 is 0 Å². The van der Waals surface area contributed by atoms with Crippen LogP contribution in [0, 0.1) is 5.92 Å². The van der Waals surface area contributed by atoms with Crippen molar-refractivity contribution in [2.75, 3.05) is 13.1 Å². The Hall–Kier alpha value is -0.610. The number of carbonyl (C=O) groups excluding carboxylic acids is 1. The Morgan fingerprint density at radius 3 is 2.33 bits per heavy atom. The SMILES string of the molecule is CC(C)CN(CCCC(=O)NN)C(C)C. The summed E-state index contributed by atoms with van der Waals surface area (Å²) < 4.78 is 0. The minimum absolute atomic E-state index is 0.0803. The molecule has 1 amide bonds. The van der Waals surface area contributed by atoms with Crippen LogP contribution >= 0.6 is 0 Å². The minimum Gasteiger partial charge on any atom is -0.301 e. The summed E-state index contributed by atoms with van der Waals surface area (Å²) in [5, 5.41) is 0. The molecule has 15 heavy (non-hydrogen) atoms. The van der Waals surface area contributed by atoms with Crippen molar-refractivity contribution in [2.24, 2.45) is 11.8 Å². The molecule has 0 spiro atoms. The standard InChI is InChI=1S/C11H25N3O/c1-9(2)8-14(10(3)4)7-5-6-11(15)13-12/h9-10H,5-8,12H2,1-4H3,(H,13,15). The van der Waals surface area contributed by atoms with E-state index < -0.39 is 0 Å². The second-order valence-electron chi connectivity index (χ2n) is 4.65. The summed E-state index contributed by atoms with van der Waals surface area (Å²) in [5.41, 5.74) is 2.15. The molecule has 0 aromatic heterocycles. The number of hydrogen-bond donors (Lipinski definition) is 2. The molecule has 0 saturated carbocycles. The van der Waals surface area contributed by atoms with Crippen molar-refractivity contribution in [3.8, 4) is 0 Å². The molecule has 0 aliphatic rings. The quantitative estimate of drug-likeness (QED) is 0.380. The van der Waals surface area contributed by atoms with E-state index >= 15 is 0 Å². The fourth-order valence-corrected chi connectivity index (χ4v) is 1.54. The molecule has 0 heterocycles. The Labute approximate surface area is 93.2 Å². The zero-order valence-electron chi connectivity index (χ0n) is 10.4. The molecular weight excluding hydrogens is 190 g/mol. The van der Waals surface area contributed by atoms with Crippen LogP contribution < -0.4 is 11.3 Å². The summed E-state index contributed by atoms with van der Waals surface area (Å²) in [6, 6.07) is 0.535. The monoisotopic (exact) mass is 215 g/mol. The van der Waals surface area contributed by atoms with E-state index in [1.54, 1.807) is 0 Å². The Kier molecular flexibility index (Phi) is 7.34. The van der Waals surface area contributed by atoms with Crippen molar-refractivity contribution < 1.29 is 4.79 Å². The van der Waals surface area contributed by atoms with Crippen LogP contribution in [0.4, 0.5) is 0 Å². The van der Waals surface area contributed by atoms with Gasteiger partial charge in [-0.3, -0.25) is 10.2 Å². The highest BCUT2D eigenvalue weighted by molar-refractivity contribution is 5.75. The van der Waals surface area contributed by atoms with Crippen LogP contribution in [0.3, 0.4) is 0 Å². The van der Waals surface area contributed by atoms with Gasteiger partial charge in [0.05, 0.1) is 0 Å². The van der Waals surface area contributed by atoms with E-state index in [1.807, 2.05) is 0 Å². The predicted octanol–water partition coefficient (Wildman–Crippen LogP) is 1.12. The van der Waals surface area contributed by atoms with E-state index in [-0.39, 0.29) is 5.91 Å². The van der Waals surface area contributed by atoms with Gasteiger partial charge in [-0.15, -0.1) is 0 Å². The van der Waals surface area contributed by atoms with Crippen molar-refractivity contribution >= 4 is 5.91 Å². The van der Waals surface area contributed by atoms with Gasteiger partial charge in [0.25, 0.3) is 0 Å². The van der Waals surface area contributed by atoms with Gasteiger partial charge in [0.1, 0.15) is 0 Å². The number of hydrogen-bond acceptors (Lipinski definition) is 3. The molecule has 0 saturated heterocycles. The molecule has 3 N–H and O–H groups in total. The third-order valence-corrected chi connectivity index (χ3v) is 2.34. The molecule has 90 valence electrons. The summed E-state index contributed by atoms with van der Waals surface area (Å²) in [4.78, 5) is 13.3. The van der Waals surface area contributed by atoms with Crippen molar-refractivity contribution in [2.45, 2.75) is 46.6 Å². The number of nitrogens with one attached hydrogen (secondary N) is 1. The Balaban J connectivity index is 3.81. The average Bonchev–Trinajstić information content (AvgIpc) is 2.15. The van der Waals surface area contributed by atoms with Crippen LogP contribution in [-0.4, -0.2) is 29.9 Å². The zero-order chi connectivity index (χ0) is 11.8. The first kappa shape index (κ1) is 14.4. The van der Waals surface area contributed by atoms with E-state index in [0.717, 1.165) is 19.5 Å². The van der Waals surface area contributed by atoms with Gasteiger partial charge in [-0.25, -0.2) is 5.84 Å². The molecule has 0 aromatic rings. The Bertz CT molecular complexity index is 181. The molecule has 0 aliphatic carbocycles. The molecule has 4 nitrogen and oxygen atoms in total. The third-order valence-electron chi connectivity index (χ3n) is 2.34. The van der Waals surface area contributed by atoms with E-state index in [4.69, 9.17) is 5.84 Å². The van der Waals surface area contributed by atoms with E-state index in [1.165, 1.54) is 0 Å². The van der Waals surface area contributed by atoms with Crippen molar-refractivity contribution in [1.82, 2.24) is 10.3 Å². The van der Waals surface area contributed by atoms with Gasteiger partial charge < -0.3 is 4.90 Å². The summed E-state index contributed by atoms with van der Waals surface area (Å²) in [6.45, 7) is 10.8. The van der Waals surface area contributed by atoms with Gasteiger partial charge in [-0.2, -0.15) is 0 Å². The molecule has 0 fully saturated rings. The number of nitrogens with zero attached hydrogens (tertiary/aromatic N) is 1. The summed E-state index contributed by atoms with van der Waals surface area (Å²) in [6.07, 6.45) is 1.38. The number of carbonyl (C=O) groups is 1. The highest BCUT2D eigenvalue weighted by atomic mass is 16.2. The van der Waals surface area contributed by atoms with Gasteiger partial charge in [-0.05, 0) is 32.7 Å². The van der Waals surface area contributed by atoms with Gasteiger partial charge in [0.15, 0.2) is 0 Å². The summed E-state index contributed by atoms with van der Waals surface area (Å²) in [5.74, 6) is 5.60. The second-order valence-corrected chi connectivity index (χ2v) is 4.65. The Morgan fingerprint density at radius 1 is 1.33 bits per heavy atom. The molecule has 0 aromatic carbocycles. The molecule has 0 bridgehead atoms. The van der Waals surface area contributed by atoms with Crippen molar-refractivity contribution in [3.63, 3.8) is 0 Å². The average molecular weight is 215 g/mol. The molecular formula is C11H25N3O. The summed E-state index contributed by atoms with van der Waals surface area (Å²) in [7, 11) is 0. The number of nitrogens with two attached hydrogens (primary N) is 1. The first-order valence-electron chi connectivity index (χ1n) is 5.70. The first-order chi connectivity index (χ1) is 6.97. The lowest BCUT2D eigenvalue weighted by Gasteiger charge is -2.28. The number of amides is 1. The van der Waals surface area contributed by atoms with Crippen LogP contribution in [0.25, 0.3) is 0 Å². The lowest BCUT2D eigenvalue weighted by molar-refractivity contribution is -0.121. The van der Waals surface area contributed by atoms with Crippen LogP contribution in [0.2, 0.25) is 0 Å². The Morgan fingerprint density at radius 2 is 1.93 bits per heavy atom. The fourth-order valence-electron chi connectivity index (χ4n) is 1.54. The maximum absolute atomic E-state index is 10.9. The van der Waals surface area contributed by atoms with Gasteiger partial charge in [0.2, 0.25) is 5.91 Å². The zero-order valence-corrected chi connectivity index (χ0v) is 10.4. The maximum Gasteiger partial charge on any atom is 0.233 e. The molecule has 0 atom stereocenters. The van der Waals surface area contributed by atoms with Crippen molar-refractivity contribution in [3.05, 3.63) is 0 Å². The van der Waals surface area contributed by atoms with Crippen LogP contribution in [0.5, 0.6) is 0 Å². The largest absolute Gasteiger partial charge is 0.301 e. The normalized spacial score (nSPS) is 11.5. The first-order valence-corrected chi connectivity index (χ1v) is 5.70. The topological polar surface area (TPSA) is 58.4 Å². The minimum atomic E-state index is -0.0803. The molecule has 4 heteroatoms. The number of rotatable bonds is 7. The molecule has 0 unspecified atom stereocenters. The smallest absolute Gasteiger partial charge is 0.233 e. The molecule has 0 rings (SSSR count). The predicted molar refractivity (Wildman–Crippen MR) is 63.1 cm³/mol. The van der Waals surface area contributed by atoms with Crippen molar-refractivity contribution in [1.29, 1.82) is 0 Å². The lowest BCUT2D eigenvalue weighted by Crippen LogP contribution is -2.36. The second kappa shape index (κ2) is 7.65.